The molecule has 7 nitrogen and oxygen atoms in total. The summed E-state index contributed by atoms with van der Waals surface area (Å²) in [5.74, 6) is 2.72. The predicted molar refractivity (Wildman–Crippen MR) is 136 cm³/mol. The van der Waals surface area contributed by atoms with Crippen molar-refractivity contribution in [3.05, 3.63) is 108 Å². The number of aromatic nitrogens is 2. The number of nitrogen functional groups attached to an aromatic ring is 2. The van der Waals surface area contributed by atoms with Crippen molar-refractivity contribution in [2.75, 3.05) is 11.5 Å². The molecule has 0 saturated carbocycles. The lowest BCUT2D eigenvalue weighted by Crippen LogP contribution is -2.27. The zero-order valence-electron chi connectivity index (χ0n) is 19.6. The molecule has 3 heterocycles. The van der Waals surface area contributed by atoms with E-state index in [0.29, 0.717) is 29.6 Å². The number of hydrogen-bond donors (Lipinski definition) is 2. The summed E-state index contributed by atoms with van der Waals surface area (Å²) in [5.41, 5.74) is 14.3. The van der Waals surface area contributed by atoms with Crippen LogP contribution >= 0.6 is 0 Å². The maximum atomic E-state index is 6.44. The van der Waals surface area contributed by atoms with Crippen LogP contribution in [0, 0.1) is 0 Å². The minimum atomic E-state index is -0.646. The first-order valence-electron chi connectivity index (χ1n) is 11.6. The quantitative estimate of drug-likeness (QED) is 0.622. The van der Waals surface area contributed by atoms with Gasteiger partial charge in [-0.2, -0.15) is 0 Å². The Morgan fingerprint density at radius 1 is 0.971 bits per heavy atom. The van der Waals surface area contributed by atoms with Crippen LogP contribution in [0.25, 0.3) is 0 Å². The molecule has 2 aromatic heterocycles. The first-order chi connectivity index (χ1) is 17.0. The summed E-state index contributed by atoms with van der Waals surface area (Å²) in [4.78, 5) is 8.47. The molecular formula is C28H28N4O3. The number of rotatable bonds is 5. The van der Waals surface area contributed by atoms with Crippen molar-refractivity contribution in [3.63, 3.8) is 0 Å². The molecule has 2 atom stereocenters. The molecule has 3 aliphatic rings. The van der Waals surface area contributed by atoms with E-state index >= 15 is 0 Å². The minimum absolute atomic E-state index is 0.0329. The van der Waals surface area contributed by atoms with Crippen LogP contribution in [-0.2, 0) is 4.74 Å². The largest absolute Gasteiger partial charge is 0.485 e. The zero-order chi connectivity index (χ0) is 24.3. The van der Waals surface area contributed by atoms with Crippen molar-refractivity contribution in [2.24, 2.45) is 0 Å². The summed E-state index contributed by atoms with van der Waals surface area (Å²) < 4.78 is 18.5. The van der Waals surface area contributed by atoms with Gasteiger partial charge in [-0.3, -0.25) is 0 Å². The maximum Gasteiger partial charge on any atom is 0.218 e. The van der Waals surface area contributed by atoms with Gasteiger partial charge in [0.2, 0.25) is 11.8 Å². The zero-order valence-corrected chi connectivity index (χ0v) is 19.6. The Labute approximate surface area is 204 Å². The highest BCUT2D eigenvalue weighted by Gasteiger charge is 2.28. The average molecular weight is 469 g/mol. The first kappa shape index (κ1) is 22.5. The summed E-state index contributed by atoms with van der Waals surface area (Å²) >= 11 is 0. The molecule has 0 spiro atoms. The predicted octanol–water partition coefficient (Wildman–Crippen LogP) is 5.19. The van der Waals surface area contributed by atoms with E-state index in [4.69, 9.17) is 25.7 Å². The van der Waals surface area contributed by atoms with Crippen LogP contribution in [0.4, 0.5) is 11.4 Å². The SMILES string of the molecule is CC1(Oc2ccc(N)cn2)C=CC2=C(C=C1)OC(C1=CCC(Oc3ccc(N)cn3)=CC=C1)CC2. The number of pyridine rings is 2. The lowest BCUT2D eigenvalue weighted by Gasteiger charge is -2.27. The lowest BCUT2D eigenvalue weighted by atomic mass is 9.96. The highest BCUT2D eigenvalue weighted by Crippen LogP contribution is 2.34. The standard InChI is InChI=1S/C28H28N4O3/c1-28(35-27-12-8-22(30)18-32-27)15-13-20-6-10-24(34-25(20)14-16-28)19-3-2-4-23(9-5-19)33-26-11-7-21(29)17-31-26/h2-5,7-8,11-18,24H,6,9-10,29-30H2,1H3. The lowest BCUT2D eigenvalue weighted by molar-refractivity contribution is 0.132. The molecular weight excluding hydrogens is 440 g/mol. The average Bonchev–Trinajstić information content (AvgIpc) is 3.19. The second kappa shape index (κ2) is 9.54. The number of nitrogens with zero attached hydrogens (tertiary/aromatic N) is 2. The van der Waals surface area contributed by atoms with Crippen molar-refractivity contribution < 1.29 is 14.2 Å². The highest BCUT2D eigenvalue weighted by atomic mass is 16.5. The molecule has 0 amide bonds. The molecule has 178 valence electrons. The van der Waals surface area contributed by atoms with Gasteiger partial charge in [0.05, 0.1) is 23.8 Å². The number of allylic oxidation sites excluding steroid dienone is 6. The second-order valence-electron chi connectivity index (χ2n) is 8.85. The van der Waals surface area contributed by atoms with Gasteiger partial charge in [0.1, 0.15) is 23.2 Å². The van der Waals surface area contributed by atoms with E-state index < -0.39 is 5.60 Å². The van der Waals surface area contributed by atoms with Gasteiger partial charge in [-0.1, -0.05) is 24.3 Å². The molecule has 0 aromatic carbocycles. The molecule has 0 bridgehead atoms. The van der Waals surface area contributed by atoms with Crippen molar-refractivity contribution in [1.82, 2.24) is 9.97 Å². The smallest absolute Gasteiger partial charge is 0.218 e. The van der Waals surface area contributed by atoms with Crippen LogP contribution in [0.2, 0.25) is 0 Å². The Morgan fingerprint density at radius 3 is 2.46 bits per heavy atom. The summed E-state index contributed by atoms with van der Waals surface area (Å²) in [6.45, 7) is 1.99. The third-order valence-corrected chi connectivity index (χ3v) is 6.00. The van der Waals surface area contributed by atoms with E-state index in [2.05, 4.69) is 28.2 Å². The summed E-state index contributed by atoms with van der Waals surface area (Å²) in [7, 11) is 0. The van der Waals surface area contributed by atoms with E-state index in [1.807, 2.05) is 37.3 Å². The number of anilines is 2. The van der Waals surface area contributed by atoms with Crippen LogP contribution in [0.3, 0.4) is 0 Å². The Bertz CT molecular complexity index is 1270. The van der Waals surface area contributed by atoms with Crippen LogP contribution < -0.4 is 20.9 Å². The fourth-order valence-corrected chi connectivity index (χ4v) is 4.07. The first-order valence-corrected chi connectivity index (χ1v) is 11.6. The molecule has 0 saturated heterocycles. The third kappa shape index (κ3) is 5.46. The topological polar surface area (TPSA) is 106 Å². The minimum Gasteiger partial charge on any atom is -0.485 e. The van der Waals surface area contributed by atoms with Crippen LogP contribution in [0.1, 0.15) is 26.2 Å². The van der Waals surface area contributed by atoms with E-state index in [1.165, 1.54) is 0 Å². The third-order valence-electron chi connectivity index (χ3n) is 6.00. The number of hydrogen-bond acceptors (Lipinski definition) is 7. The van der Waals surface area contributed by atoms with E-state index in [1.54, 1.807) is 36.7 Å². The van der Waals surface area contributed by atoms with Crippen molar-refractivity contribution in [1.29, 1.82) is 0 Å². The molecule has 35 heavy (non-hydrogen) atoms. The monoisotopic (exact) mass is 468 g/mol. The number of ether oxygens (including phenoxy) is 3. The van der Waals surface area contributed by atoms with Gasteiger partial charge in [0.25, 0.3) is 0 Å². The normalized spacial score (nSPS) is 23.4. The molecule has 2 aliphatic carbocycles. The Balaban J connectivity index is 1.24. The van der Waals surface area contributed by atoms with E-state index in [-0.39, 0.29) is 6.10 Å². The molecule has 7 heteroatoms. The Hall–Kier alpha value is -4.26. The molecule has 0 fully saturated rings. The van der Waals surface area contributed by atoms with Crippen LogP contribution in [0.5, 0.6) is 11.8 Å². The molecule has 4 N–H and O–H groups in total. The Morgan fingerprint density at radius 2 is 1.71 bits per heavy atom. The van der Waals surface area contributed by atoms with E-state index in [9.17, 15) is 0 Å². The highest BCUT2D eigenvalue weighted by molar-refractivity contribution is 5.42. The van der Waals surface area contributed by atoms with Gasteiger partial charge in [-0.15, -0.1) is 0 Å². The second-order valence-corrected chi connectivity index (χ2v) is 8.85. The molecule has 0 radical (unpaired) electrons. The van der Waals surface area contributed by atoms with Gasteiger partial charge in [0.15, 0.2) is 0 Å². The van der Waals surface area contributed by atoms with Crippen LogP contribution in [-0.4, -0.2) is 21.7 Å². The molecule has 1 aliphatic heterocycles. The molecule has 5 rings (SSSR count). The van der Waals surface area contributed by atoms with Crippen molar-refractivity contribution >= 4 is 11.4 Å². The van der Waals surface area contributed by atoms with E-state index in [0.717, 1.165) is 35.5 Å². The fourth-order valence-electron chi connectivity index (χ4n) is 4.07. The van der Waals surface area contributed by atoms with Gasteiger partial charge in [0, 0.05) is 18.6 Å². The molecule has 2 unspecified atom stereocenters. The van der Waals surface area contributed by atoms with Gasteiger partial charge in [-0.25, -0.2) is 9.97 Å². The van der Waals surface area contributed by atoms with Crippen LogP contribution in [0.15, 0.2) is 108 Å². The number of nitrogens with two attached hydrogens (primary N) is 2. The summed E-state index contributed by atoms with van der Waals surface area (Å²) in [6, 6.07) is 7.08. The Kier molecular flexibility index (Phi) is 6.14. The fraction of sp³-hybridized carbons (Fsp3) is 0.214. The van der Waals surface area contributed by atoms with Crippen molar-refractivity contribution in [3.8, 4) is 11.8 Å². The van der Waals surface area contributed by atoms with Gasteiger partial charge >= 0.3 is 0 Å². The van der Waals surface area contributed by atoms with Crippen molar-refractivity contribution in [2.45, 2.75) is 37.9 Å². The summed E-state index contributed by atoms with van der Waals surface area (Å²) in [6.07, 6.45) is 21.9. The maximum absolute atomic E-state index is 6.44. The summed E-state index contributed by atoms with van der Waals surface area (Å²) in [5, 5.41) is 0. The van der Waals surface area contributed by atoms with Gasteiger partial charge < -0.3 is 25.7 Å². The molecule has 2 aromatic rings. The van der Waals surface area contributed by atoms with Gasteiger partial charge in [-0.05, 0) is 67.3 Å².